The highest BCUT2D eigenvalue weighted by Crippen LogP contribution is 2.07. The van der Waals surface area contributed by atoms with Gasteiger partial charge in [0.1, 0.15) is 0 Å². The van der Waals surface area contributed by atoms with Gasteiger partial charge in [-0.2, -0.15) is 0 Å². The molecular formula is C12H11N3S. The molecule has 0 radical (unpaired) electrons. The van der Waals surface area contributed by atoms with E-state index in [1.165, 1.54) is 16.7 Å². The van der Waals surface area contributed by atoms with Gasteiger partial charge in [-0.15, -0.1) is 11.3 Å². The average molecular weight is 230 g/mol. The van der Waals surface area contributed by atoms with Crippen molar-refractivity contribution >= 4 is 27.4 Å². The number of hydrogen-bond acceptors (Lipinski definition) is 4. The third kappa shape index (κ3) is 2.77. The molecule has 16 heavy (non-hydrogen) atoms. The summed E-state index contributed by atoms with van der Waals surface area (Å²) >= 11 is 1.28. The lowest BCUT2D eigenvalue weighted by Crippen LogP contribution is -1.77. The Hall–Kier alpha value is -1.94. The third-order valence-electron chi connectivity index (χ3n) is 1.92. The number of nitrogens with two attached hydrogens (primary N) is 1. The number of aromatic nitrogens is 2. The maximum absolute atomic E-state index is 6.84. The van der Waals surface area contributed by atoms with Crippen molar-refractivity contribution in [2.45, 2.75) is 0 Å². The smallest absolute Gasteiger partial charge is 0.179 e. The van der Waals surface area contributed by atoms with Crippen LogP contribution >= 0.6 is 11.3 Å². The van der Waals surface area contributed by atoms with Crippen LogP contribution in [0.15, 0.2) is 54.1 Å². The number of pyridine rings is 1. The highest BCUT2D eigenvalue weighted by atomic mass is 32.1. The molecule has 3 nitrogen and oxygen atoms in total. The first-order valence-corrected chi connectivity index (χ1v) is 5.61. The van der Waals surface area contributed by atoms with Gasteiger partial charge in [-0.25, -0.2) is 4.98 Å². The maximum atomic E-state index is 6.84. The van der Waals surface area contributed by atoms with Crippen molar-refractivity contribution in [2.75, 3.05) is 5.73 Å². The fraction of sp³-hybridized carbons (Fsp3) is 0. The molecule has 0 aliphatic carbocycles. The minimum atomic E-state index is 0.252. The number of anilines is 1. The summed E-state index contributed by atoms with van der Waals surface area (Å²) in [6.07, 6.45) is 2.06. The molecule has 80 valence electrons. The Bertz CT molecular complexity index is 527. The van der Waals surface area contributed by atoms with Crippen LogP contribution in [0.5, 0.6) is 0 Å². The van der Waals surface area contributed by atoms with Gasteiger partial charge in [-0.1, -0.05) is 24.3 Å². The van der Waals surface area contributed by atoms with E-state index < -0.39 is 0 Å². The summed E-state index contributed by atoms with van der Waals surface area (Å²) in [5.74, 6) is 0. The Balaban J connectivity index is 0.000000136. The number of rotatable bonds is 0. The summed E-state index contributed by atoms with van der Waals surface area (Å²) < 4.78 is 6.84. The first-order chi connectivity index (χ1) is 8.25. The highest BCUT2D eigenvalue weighted by Gasteiger charge is 1.86. The number of nitrogen functional groups attached to an aromatic ring is 1. The molecule has 3 rings (SSSR count). The normalized spacial score (nSPS) is 10.4. The van der Waals surface area contributed by atoms with Crippen LogP contribution in [0.1, 0.15) is 1.37 Å². The van der Waals surface area contributed by atoms with Gasteiger partial charge in [0.05, 0.1) is 6.89 Å². The number of benzene rings is 1. The molecular weight excluding hydrogens is 218 g/mol. The van der Waals surface area contributed by atoms with Crippen molar-refractivity contribution in [3.05, 3.63) is 54.1 Å². The molecule has 0 aliphatic heterocycles. The molecule has 0 fully saturated rings. The van der Waals surface area contributed by atoms with Crippen LogP contribution in [0.2, 0.25) is 0 Å². The van der Waals surface area contributed by atoms with E-state index >= 15 is 0 Å². The van der Waals surface area contributed by atoms with Crippen molar-refractivity contribution in [2.24, 2.45) is 0 Å². The van der Waals surface area contributed by atoms with E-state index in [1.807, 2.05) is 30.5 Å². The summed E-state index contributed by atoms with van der Waals surface area (Å²) in [6, 6.07) is 12.1. The van der Waals surface area contributed by atoms with Gasteiger partial charge in [0.2, 0.25) is 0 Å². The number of hydrogen-bond donors (Lipinski definition) is 1. The summed E-state index contributed by atoms with van der Waals surface area (Å²) in [5, 5.41) is 3.25. The maximum Gasteiger partial charge on any atom is 0.179 e. The van der Waals surface area contributed by atoms with E-state index in [2.05, 4.69) is 22.1 Å². The third-order valence-corrected chi connectivity index (χ3v) is 2.48. The lowest BCUT2D eigenvalue weighted by atomic mass is 10.2. The van der Waals surface area contributed by atoms with Gasteiger partial charge in [0.15, 0.2) is 5.13 Å². The molecule has 2 aromatic heterocycles. The number of fused-ring (bicyclic) bond motifs is 1. The molecule has 0 bridgehead atoms. The number of nitrogens with zero attached hydrogens (tertiary/aromatic N) is 2. The molecule has 0 aliphatic rings. The van der Waals surface area contributed by atoms with Gasteiger partial charge in [-0.3, -0.25) is 4.98 Å². The summed E-state index contributed by atoms with van der Waals surface area (Å²) in [5.41, 5.74) is 6.23. The standard InChI is InChI=1S/C9H7N.C3H4N2S/c1-2-6-9-8(4-1)5-3-7-10-9;4-3-5-1-2-6-3/h1-7H;1-2H,(H2,4,5)/i;1D. The van der Waals surface area contributed by atoms with Crippen molar-refractivity contribution in [3.8, 4) is 0 Å². The van der Waals surface area contributed by atoms with E-state index in [1.54, 1.807) is 5.38 Å². The van der Waals surface area contributed by atoms with Crippen LogP contribution in [-0.4, -0.2) is 9.97 Å². The minimum Gasteiger partial charge on any atom is -0.375 e. The molecule has 3 aromatic rings. The van der Waals surface area contributed by atoms with Crippen molar-refractivity contribution < 1.29 is 1.37 Å². The molecule has 2 N–H and O–H groups in total. The van der Waals surface area contributed by atoms with Gasteiger partial charge in [0.25, 0.3) is 0 Å². The minimum absolute atomic E-state index is 0.252. The van der Waals surface area contributed by atoms with Gasteiger partial charge in [0, 0.05) is 23.1 Å². The van der Waals surface area contributed by atoms with Crippen LogP contribution in [0, 0.1) is 0 Å². The predicted octanol–water partition coefficient (Wildman–Crippen LogP) is 2.96. The summed E-state index contributed by atoms with van der Waals surface area (Å²) in [7, 11) is 0. The second kappa shape index (κ2) is 5.23. The van der Waals surface area contributed by atoms with E-state index in [0.29, 0.717) is 5.13 Å². The zero-order valence-electron chi connectivity index (χ0n) is 9.50. The second-order valence-corrected chi connectivity index (χ2v) is 3.90. The Morgan fingerprint density at radius 2 is 1.94 bits per heavy atom. The molecule has 0 saturated heterocycles. The lowest BCUT2D eigenvalue weighted by Gasteiger charge is -1.91. The SMILES string of the molecule is [2H]c1csc(N)n1.c1ccc2ncccc2c1. The Kier molecular flexibility index (Phi) is 3.04. The van der Waals surface area contributed by atoms with Crippen LogP contribution < -0.4 is 5.73 Å². The van der Waals surface area contributed by atoms with Crippen molar-refractivity contribution in [1.82, 2.24) is 9.97 Å². The highest BCUT2D eigenvalue weighted by molar-refractivity contribution is 7.13. The Labute approximate surface area is 99.0 Å². The average Bonchev–Trinajstić information content (AvgIpc) is 2.74. The molecule has 1 aromatic carbocycles. The molecule has 0 atom stereocenters. The van der Waals surface area contributed by atoms with Crippen LogP contribution in [-0.2, 0) is 0 Å². The van der Waals surface area contributed by atoms with Gasteiger partial charge in [-0.05, 0) is 12.1 Å². The van der Waals surface area contributed by atoms with Gasteiger partial charge >= 0.3 is 0 Å². The first kappa shape index (κ1) is 9.30. The van der Waals surface area contributed by atoms with Crippen LogP contribution in [0.3, 0.4) is 0 Å². The van der Waals surface area contributed by atoms with Gasteiger partial charge < -0.3 is 5.73 Å². The van der Waals surface area contributed by atoms with Crippen molar-refractivity contribution in [1.29, 1.82) is 0 Å². The number of thiazole rings is 1. The monoisotopic (exact) mass is 230 g/mol. The lowest BCUT2D eigenvalue weighted by molar-refractivity contribution is 1.41. The number of para-hydroxylation sites is 1. The van der Waals surface area contributed by atoms with Crippen molar-refractivity contribution in [3.63, 3.8) is 0 Å². The summed E-state index contributed by atoms with van der Waals surface area (Å²) in [6.45, 7) is 0. The van der Waals surface area contributed by atoms with E-state index in [0.717, 1.165) is 5.52 Å². The molecule has 0 spiro atoms. The van der Waals surface area contributed by atoms with Crippen LogP contribution in [0.4, 0.5) is 5.13 Å². The topological polar surface area (TPSA) is 51.8 Å². The van der Waals surface area contributed by atoms with E-state index in [4.69, 9.17) is 7.10 Å². The fourth-order valence-corrected chi connectivity index (χ4v) is 1.55. The fourth-order valence-electron chi connectivity index (χ4n) is 1.22. The van der Waals surface area contributed by atoms with E-state index in [-0.39, 0.29) is 6.17 Å². The molecule has 2 heterocycles. The molecule has 0 unspecified atom stereocenters. The molecule has 4 heteroatoms. The molecule has 0 saturated carbocycles. The molecule has 0 amide bonds. The van der Waals surface area contributed by atoms with Crippen LogP contribution in [0.25, 0.3) is 10.9 Å². The second-order valence-electron chi connectivity index (χ2n) is 3.01. The quantitative estimate of drug-likeness (QED) is 0.646. The predicted molar refractivity (Wildman–Crippen MR) is 68.3 cm³/mol. The Morgan fingerprint density at radius 1 is 1.12 bits per heavy atom. The summed E-state index contributed by atoms with van der Waals surface area (Å²) in [4.78, 5) is 7.76. The Morgan fingerprint density at radius 3 is 2.56 bits per heavy atom. The zero-order chi connectivity index (χ0) is 12.1. The first-order valence-electron chi connectivity index (χ1n) is 5.23. The zero-order valence-corrected chi connectivity index (χ0v) is 9.32. The largest absolute Gasteiger partial charge is 0.375 e. The van der Waals surface area contributed by atoms with E-state index in [9.17, 15) is 0 Å².